The van der Waals surface area contributed by atoms with Gasteiger partial charge in [0.1, 0.15) is 5.56 Å². The maximum absolute atomic E-state index is 13.2. The molecule has 1 N–H and O–H groups in total. The number of ether oxygens (including phenoxy) is 1. The summed E-state index contributed by atoms with van der Waals surface area (Å²) in [6.07, 6.45) is -1.63. The van der Waals surface area contributed by atoms with Crippen LogP contribution < -0.4 is 15.0 Å². The van der Waals surface area contributed by atoms with Crippen LogP contribution in [0.1, 0.15) is 39.4 Å². The summed E-state index contributed by atoms with van der Waals surface area (Å²) < 4.78 is 45.2. The van der Waals surface area contributed by atoms with Gasteiger partial charge in [0, 0.05) is 18.4 Å². The van der Waals surface area contributed by atoms with Gasteiger partial charge in [-0.3, -0.25) is 14.3 Å². The van der Waals surface area contributed by atoms with Crippen molar-refractivity contribution < 1.29 is 27.5 Å². The van der Waals surface area contributed by atoms with E-state index in [9.17, 15) is 22.8 Å². The molecule has 0 radical (unpaired) electrons. The number of nitrogens with one attached hydrogen (secondary N) is 1. The summed E-state index contributed by atoms with van der Waals surface area (Å²) >= 11 is 0. The van der Waals surface area contributed by atoms with Gasteiger partial charge in [-0.25, -0.2) is 4.98 Å². The number of aromatic nitrogens is 3. The molecule has 4 rings (SSSR count). The Morgan fingerprint density at radius 2 is 1.91 bits per heavy atom. The summed E-state index contributed by atoms with van der Waals surface area (Å²) in [5.41, 5.74) is -0.0178. The van der Waals surface area contributed by atoms with Gasteiger partial charge in [0.25, 0.3) is 11.8 Å². The highest BCUT2D eigenvalue weighted by atomic mass is 32.1. The second-order valence-corrected chi connectivity index (χ2v) is 7.18. The van der Waals surface area contributed by atoms with Crippen molar-refractivity contribution in [3.8, 4) is 5.88 Å². The summed E-state index contributed by atoms with van der Waals surface area (Å²) in [6.45, 7) is 2.03. The molecule has 1 aliphatic heterocycles. The lowest BCUT2D eigenvalue weighted by molar-refractivity contribution is -0.137. The van der Waals surface area contributed by atoms with Crippen LogP contribution in [0.15, 0.2) is 48.8 Å². The highest BCUT2D eigenvalue weighted by Gasteiger charge is 2.35. The normalized spacial score (nSPS) is 15.5. The summed E-state index contributed by atoms with van der Waals surface area (Å²) in [6, 6.07) is 7.17. The largest absolute Gasteiger partial charge is 0.480 e. The zero-order valence-electron chi connectivity index (χ0n) is 17.6. The fraction of sp³-hybridized carbons (Fsp3) is 0.238. The Balaban J connectivity index is 0.00000306. The Morgan fingerprint density at radius 3 is 2.55 bits per heavy atom. The summed E-state index contributed by atoms with van der Waals surface area (Å²) in [4.78, 5) is 31.3. The number of benzene rings is 1. The molecule has 1 aliphatic rings. The Bertz CT molecular complexity index is 1180. The van der Waals surface area contributed by atoms with Crippen LogP contribution in [0.4, 0.5) is 24.5 Å². The quantitative estimate of drug-likeness (QED) is 0.613. The lowest BCUT2D eigenvalue weighted by Crippen LogP contribution is -2.43. The maximum atomic E-state index is 13.2. The predicted octanol–water partition coefficient (Wildman–Crippen LogP) is 3.89. The number of amides is 2. The van der Waals surface area contributed by atoms with Gasteiger partial charge in [0.2, 0.25) is 5.88 Å². The molecule has 0 spiro atoms. The van der Waals surface area contributed by atoms with E-state index >= 15 is 0 Å². The van der Waals surface area contributed by atoms with Crippen LogP contribution in [-0.4, -0.2) is 40.2 Å². The SMILES string of the molecule is COc1ncccc1C(=O)Nc1cnn2c1C(=O)N(c1ccc(C(F)(F)F)cc1)C[C@@H]2C.S. The van der Waals surface area contributed by atoms with E-state index in [1.807, 2.05) is 6.92 Å². The first-order chi connectivity index (χ1) is 15.2. The van der Waals surface area contributed by atoms with Crippen molar-refractivity contribution in [2.45, 2.75) is 19.1 Å². The molecule has 8 nitrogen and oxygen atoms in total. The van der Waals surface area contributed by atoms with Gasteiger partial charge < -0.3 is 15.0 Å². The zero-order valence-corrected chi connectivity index (χ0v) is 18.6. The van der Waals surface area contributed by atoms with Crippen molar-refractivity contribution in [2.75, 3.05) is 23.9 Å². The van der Waals surface area contributed by atoms with E-state index in [0.29, 0.717) is 5.69 Å². The zero-order chi connectivity index (χ0) is 23.0. The standard InChI is InChI=1S/C21H18F3N5O3.H2S/c1-12-11-28(14-7-5-13(6-8-14)21(22,23)24)20(31)17-16(10-26-29(12)17)27-18(30)15-4-3-9-25-19(15)32-2;/h3-10,12H,11H2,1-2H3,(H,27,30);1H2/t12-;/m0./s1. The third-order valence-electron chi connectivity index (χ3n) is 5.07. The fourth-order valence-corrected chi connectivity index (χ4v) is 3.52. The Morgan fingerprint density at radius 1 is 1.21 bits per heavy atom. The van der Waals surface area contributed by atoms with Crippen molar-refractivity contribution in [1.82, 2.24) is 14.8 Å². The first-order valence-electron chi connectivity index (χ1n) is 9.57. The molecule has 0 fully saturated rings. The third kappa shape index (κ3) is 4.51. The van der Waals surface area contributed by atoms with E-state index < -0.39 is 23.6 Å². The van der Waals surface area contributed by atoms with Crippen molar-refractivity contribution in [3.63, 3.8) is 0 Å². The first-order valence-corrected chi connectivity index (χ1v) is 9.57. The first kappa shape index (κ1) is 24.1. The number of nitrogens with zero attached hydrogens (tertiary/aromatic N) is 4. The molecular formula is C21H20F3N5O3S. The van der Waals surface area contributed by atoms with Gasteiger partial charge in [0.15, 0.2) is 5.69 Å². The minimum atomic E-state index is -4.47. The number of methoxy groups -OCH3 is 1. The maximum Gasteiger partial charge on any atom is 0.416 e. The minimum Gasteiger partial charge on any atom is -0.480 e. The molecule has 1 atom stereocenters. The van der Waals surface area contributed by atoms with Gasteiger partial charge in [0.05, 0.1) is 30.6 Å². The number of anilines is 2. The van der Waals surface area contributed by atoms with Crippen LogP contribution in [0.25, 0.3) is 0 Å². The monoisotopic (exact) mass is 479 g/mol. The Hall–Kier alpha value is -3.54. The molecule has 33 heavy (non-hydrogen) atoms. The van der Waals surface area contributed by atoms with Crippen molar-refractivity contribution in [2.24, 2.45) is 0 Å². The van der Waals surface area contributed by atoms with Crippen LogP contribution in [0.3, 0.4) is 0 Å². The topological polar surface area (TPSA) is 89.3 Å². The molecular weight excluding hydrogens is 459 g/mol. The van der Waals surface area contributed by atoms with E-state index in [4.69, 9.17) is 4.74 Å². The van der Waals surface area contributed by atoms with Crippen molar-refractivity contribution in [1.29, 1.82) is 0 Å². The predicted molar refractivity (Wildman–Crippen MR) is 119 cm³/mol. The molecule has 1 aromatic carbocycles. The number of hydrogen-bond donors (Lipinski definition) is 1. The molecule has 0 saturated carbocycles. The number of halogens is 3. The number of carbonyl (C=O) groups is 2. The highest BCUT2D eigenvalue weighted by molar-refractivity contribution is 7.59. The molecule has 0 bridgehead atoms. The van der Waals surface area contributed by atoms with Crippen molar-refractivity contribution >= 4 is 36.7 Å². The second kappa shape index (κ2) is 9.14. The molecule has 2 aromatic heterocycles. The lowest BCUT2D eigenvalue weighted by atomic mass is 10.1. The molecule has 2 amide bonds. The Labute approximate surface area is 193 Å². The van der Waals surface area contributed by atoms with Crippen LogP contribution in [-0.2, 0) is 6.18 Å². The van der Waals surface area contributed by atoms with Gasteiger partial charge in [-0.05, 0) is 43.3 Å². The number of rotatable bonds is 4. The second-order valence-electron chi connectivity index (χ2n) is 7.18. The van der Waals surface area contributed by atoms with E-state index in [-0.39, 0.29) is 48.9 Å². The Kier molecular flexibility index (Phi) is 6.68. The summed E-state index contributed by atoms with van der Waals surface area (Å²) in [5.74, 6) is -0.913. The summed E-state index contributed by atoms with van der Waals surface area (Å²) in [7, 11) is 1.38. The van der Waals surface area contributed by atoms with Gasteiger partial charge >= 0.3 is 6.18 Å². The fourth-order valence-electron chi connectivity index (χ4n) is 3.52. The van der Waals surface area contributed by atoms with E-state index in [0.717, 1.165) is 12.1 Å². The average Bonchev–Trinajstić information content (AvgIpc) is 3.20. The van der Waals surface area contributed by atoms with Crippen LogP contribution in [0, 0.1) is 0 Å². The average molecular weight is 479 g/mol. The van der Waals surface area contributed by atoms with Gasteiger partial charge in [-0.2, -0.15) is 31.8 Å². The van der Waals surface area contributed by atoms with Gasteiger partial charge in [-0.15, -0.1) is 0 Å². The molecule has 0 aliphatic carbocycles. The van der Waals surface area contributed by atoms with E-state index in [1.54, 1.807) is 6.07 Å². The minimum absolute atomic E-state index is 0. The van der Waals surface area contributed by atoms with E-state index in [2.05, 4.69) is 15.4 Å². The number of pyridine rings is 1. The molecule has 0 saturated heterocycles. The molecule has 3 aromatic rings. The summed E-state index contributed by atoms with van der Waals surface area (Å²) in [5, 5.41) is 6.87. The van der Waals surface area contributed by atoms with Crippen LogP contribution >= 0.6 is 13.5 Å². The third-order valence-corrected chi connectivity index (χ3v) is 5.07. The number of carbonyl (C=O) groups excluding carboxylic acids is 2. The molecule has 3 heterocycles. The van der Waals surface area contributed by atoms with Crippen LogP contribution in [0.5, 0.6) is 5.88 Å². The molecule has 0 unspecified atom stereocenters. The van der Waals surface area contributed by atoms with Crippen LogP contribution in [0.2, 0.25) is 0 Å². The van der Waals surface area contributed by atoms with E-state index in [1.165, 1.54) is 47.3 Å². The number of fused-ring (bicyclic) bond motifs is 1. The number of hydrogen-bond acceptors (Lipinski definition) is 5. The highest BCUT2D eigenvalue weighted by Crippen LogP contribution is 2.33. The smallest absolute Gasteiger partial charge is 0.416 e. The number of alkyl halides is 3. The van der Waals surface area contributed by atoms with Crippen molar-refractivity contribution in [3.05, 3.63) is 65.6 Å². The molecule has 174 valence electrons. The lowest BCUT2D eigenvalue weighted by Gasteiger charge is -2.32. The van der Waals surface area contributed by atoms with Gasteiger partial charge in [-0.1, -0.05) is 0 Å². The molecule has 12 heteroatoms.